The van der Waals surface area contributed by atoms with Crippen molar-refractivity contribution in [2.45, 2.75) is 13.3 Å². The number of nitrogens with one attached hydrogen (secondary N) is 1. The van der Waals surface area contributed by atoms with Crippen LogP contribution in [-0.4, -0.2) is 19.6 Å². The van der Waals surface area contributed by atoms with Gasteiger partial charge in [0.2, 0.25) is 0 Å². The number of halogens is 1. The average Bonchev–Trinajstić information content (AvgIpc) is 2.93. The second kappa shape index (κ2) is 6.74. The van der Waals surface area contributed by atoms with E-state index in [-0.39, 0.29) is 11.7 Å². The highest BCUT2D eigenvalue weighted by atomic mass is 19.1. The number of benzene rings is 2. The second-order valence-electron chi connectivity index (χ2n) is 5.55. The Morgan fingerprint density at radius 2 is 1.96 bits per heavy atom. The van der Waals surface area contributed by atoms with Gasteiger partial charge < -0.3 is 14.5 Å². The molecule has 0 aliphatic rings. The third kappa shape index (κ3) is 3.25. The SMILES string of the molecule is COc1ccc2oc(C(=O)NCCc3ccc(F)cc3)c(C)c2c1. The zero-order valence-corrected chi connectivity index (χ0v) is 13.6. The molecule has 2 aromatic carbocycles. The summed E-state index contributed by atoms with van der Waals surface area (Å²) in [7, 11) is 1.60. The molecule has 0 atom stereocenters. The van der Waals surface area contributed by atoms with Gasteiger partial charge in [0.15, 0.2) is 5.76 Å². The summed E-state index contributed by atoms with van der Waals surface area (Å²) >= 11 is 0. The van der Waals surface area contributed by atoms with Gasteiger partial charge in [0.05, 0.1) is 7.11 Å². The lowest BCUT2D eigenvalue weighted by molar-refractivity contribution is 0.0928. The van der Waals surface area contributed by atoms with Crippen molar-refractivity contribution < 1.29 is 18.3 Å². The number of ether oxygens (including phenoxy) is 1. The summed E-state index contributed by atoms with van der Waals surface area (Å²) in [6, 6.07) is 11.7. The highest BCUT2D eigenvalue weighted by Crippen LogP contribution is 2.28. The van der Waals surface area contributed by atoms with E-state index in [1.165, 1.54) is 12.1 Å². The van der Waals surface area contributed by atoms with Crippen LogP contribution in [0.3, 0.4) is 0 Å². The third-order valence-corrected chi connectivity index (χ3v) is 3.96. The lowest BCUT2D eigenvalue weighted by atomic mass is 10.1. The molecular formula is C19H18FNO3. The Bertz CT molecular complexity index is 868. The van der Waals surface area contributed by atoms with E-state index < -0.39 is 0 Å². The first-order valence-corrected chi connectivity index (χ1v) is 7.68. The number of carbonyl (C=O) groups excluding carboxylic acids is 1. The first-order chi connectivity index (χ1) is 11.6. The van der Waals surface area contributed by atoms with E-state index in [0.29, 0.717) is 24.3 Å². The van der Waals surface area contributed by atoms with Crippen LogP contribution in [0.15, 0.2) is 46.9 Å². The van der Waals surface area contributed by atoms with Crippen molar-refractivity contribution in [2.75, 3.05) is 13.7 Å². The lowest BCUT2D eigenvalue weighted by Crippen LogP contribution is -2.25. The molecule has 24 heavy (non-hydrogen) atoms. The molecule has 4 nitrogen and oxygen atoms in total. The van der Waals surface area contributed by atoms with Crippen molar-refractivity contribution in [3.63, 3.8) is 0 Å². The van der Waals surface area contributed by atoms with E-state index in [1.807, 2.05) is 13.0 Å². The molecule has 1 N–H and O–H groups in total. The topological polar surface area (TPSA) is 51.5 Å². The maximum atomic E-state index is 12.9. The Labute approximate surface area is 139 Å². The summed E-state index contributed by atoms with van der Waals surface area (Å²) in [5.74, 6) is 0.493. The minimum atomic E-state index is -0.267. The Hall–Kier alpha value is -2.82. The molecule has 0 aliphatic carbocycles. The Balaban J connectivity index is 1.69. The van der Waals surface area contributed by atoms with Gasteiger partial charge in [-0.1, -0.05) is 12.1 Å². The predicted octanol–water partition coefficient (Wildman–Crippen LogP) is 3.86. The molecule has 0 radical (unpaired) electrons. The van der Waals surface area contributed by atoms with Gasteiger partial charge in [-0.05, 0) is 49.2 Å². The maximum absolute atomic E-state index is 12.9. The van der Waals surface area contributed by atoms with Crippen LogP contribution >= 0.6 is 0 Å². The molecule has 3 rings (SSSR count). The number of carbonyl (C=O) groups is 1. The molecule has 0 fully saturated rings. The summed E-state index contributed by atoms with van der Waals surface area (Å²) in [4.78, 5) is 12.3. The maximum Gasteiger partial charge on any atom is 0.287 e. The molecule has 1 aromatic heterocycles. The van der Waals surface area contributed by atoms with E-state index in [1.54, 1.807) is 31.4 Å². The molecule has 0 spiro atoms. The molecule has 124 valence electrons. The molecular weight excluding hydrogens is 309 g/mol. The van der Waals surface area contributed by atoms with Crippen LogP contribution < -0.4 is 10.1 Å². The number of hydrogen-bond donors (Lipinski definition) is 1. The number of rotatable bonds is 5. The van der Waals surface area contributed by atoms with Gasteiger partial charge in [-0.3, -0.25) is 4.79 Å². The van der Waals surface area contributed by atoms with Crippen molar-refractivity contribution in [1.82, 2.24) is 5.32 Å². The number of fused-ring (bicyclic) bond motifs is 1. The molecule has 0 unspecified atom stereocenters. The molecule has 0 saturated heterocycles. The largest absolute Gasteiger partial charge is 0.497 e. The molecule has 0 aliphatic heterocycles. The van der Waals surface area contributed by atoms with Gasteiger partial charge in [0.25, 0.3) is 5.91 Å². The molecule has 1 amide bonds. The summed E-state index contributed by atoms with van der Waals surface area (Å²) < 4.78 is 23.7. The summed E-state index contributed by atoms with van der Waals surface area (Å²) in [6.07, 6.45) is 0.624. The number of furan rings is 1. The Morgan fingerprint density at radius 3 is 2.67 bits per heavy atom. The van der Waals surface area contributed by atoms with Crippen molar-refractivity contribution in [1.29, 1.82) is 0 Å². The Morgan fingerprint density at radius 1 is 1.21 bits per heavy atom. The van der Waals surface area contributed by atoms with E-state index >= 15 is 0 Å². The molecule has 5 heteroatoms. The van der Waals surface area contributed by atoms with E-state index in [2.05, 4.69) is 5.32 Å². The van der Waals surface area contributed by atoms with E-state index in [9.17, 15) is 9.18 Å². The fraction of sp³-hybridized carbons (Fsp3) is 0.211. The minimum Gasteiger partial charge on any atom is -0.497 e. The van der Waals surface area contributed by atoms with Crippen LogP contribution in [0.5, 0.6) is 5.75 Å². The second-order valence-corrected chi connectivity index (χ2v) is 5.55. The number of hydrogen-bond acceptors (Lipinski definition) is 3. The van der Waals surface area contributed by atoms with Crippen LogP contribution in [0.2, 0.25) is 0 Å². The quantitative estimate of drug-likeness (QED) is 0.774. The molecule has 1 heterocycles. The fourth-order valence-corrected chi connectivity index (χ4v) is 2.60. The molecule has 0 saturated carbocycles. The zero-order valence-electron chi connectivity index (χ0n) is 13.6. The number of amides is 1. The zero-order chi connectivity index (χ0) is 17.1. The fourth-order valence-electron chi connectivity index (χ4n) is 2.60. The van der Waals surface area contributed by atoms with E-state index in [0.717, 1.165) is 22.3 Å². The van der Waals surface area contributed by atoms with Gasteiger partial charge >= 0.3 is 0 Å². The van der Waals surface area contributed by atoms with Gasteiger partial charge in [-0.25, -0.2) is 4.39 Å². The van der Waals surface area contributed by atoms with Crippen LogP contribution in [0.25, 0.3) is 11.0 Å². The average molecular weight is 327 g/mol. The molecule has 0 bridgehead atoms. The highest BCUT2D eigenvalue weighted by molar-refractivity contribution is 5.99. The van der Waals surface area contributed by atoms with Gasteiger partial charge in [0.1, 0.15) is 17.1 Å². The smallest absolute Gasteiger partial charge is 0.287 e. The van der Waals surface area contributed by atoms with Crippen LogP contribution in [0, 0.1) is 12.7 Å². The van der Waals surface area contributed by atoms with Gasteiger partial charge in [-0.2, -0.15) is 0 Å². The first-order valence-electron chi connectivity index (χ1n) is 7.68. The summed E-state index contributed by atoms with van der Waals surface area (Å²) in [5, 5.41) is 3.69. The minimum absolute atomic E-state index is 0.259. The van der Waals surface area contributed by atoms with Gasteiger partial charge in [0, 0.05) is 17.5 Å². The third-order valence-electron chi connectivity index (χ3n) is 3.96. The lowest BCUT2D eigenvalue weighted by Gasteiger charge is -2.04. The van der Waals surface area contributed by atoms with Crippen LogP contribution in [0.4, 0.5) is 4.39 Å². The molecule has 3 aromatic rings. The number of aryl methyl sites for hydroxylation is 1. The number of methoxy groups -OCH3 is 1. The van der Waals surface area contributed by atoms with Crippen molar-refractivity contribution in [3.05, 3.63) is 65.2 Å². The summed E-state index contributed by atoms with van der Waals surface area (Å²) in [6.45, 7) is 2.30. The normalized spacial score (nSPS) is 10.8. The highest BCUT2D eigenvalue weighted by Gasteiger charge is 2.17. The van der Waals surface area contributed by atoms with Crippen LogP contribution in [0.1, 0.15) is 21.7 Å². The van der Waals surface area contributed by atoms with Crippen molar-refractivity contribution in [2.24, 2.45) is 0 Å². The monoisotopic (exact) mass is 327 g/mol. The Kier molecular flexibility index (Phi) is 4.51. The summed E-state index contributed by atoms with van der Waals surface area (Å²) in [5.41, 5.74) is 2.39. The van der Waals surface area contributed by atoms with E-state index in [4.69, 9.17) is 9.15 Å². The van der Waals surface area contributed by atoms with Crippen molar-refractivity contribution in [3.8, 4) is 5.75 Å². The van der Waals surface area contributed by atoms with Crippen molar-refractivity contribution >= 4 is 16.9 Å². The first kappa shape index (κ1) is 16.1. The van der Waals surface area contributed by atoms with Crippen LogP contribution in [-0.2, 0) is 6.42 Å². The predicted molar refractivity (Wildman–Crippen MR) is 89.9 cm³/mol. The van der Waals surface area contributed by atoms with Gasteiger partial charge in [-0.15, -0.1) is 0 Å². The standard InChI is InChI=1S/C19H18FNO3/c1-12-16-11-15(23-2)7-8-17(16)24-18(12)19(22)21-10-9-13-3-5-14(20)6-4-13/h3-8,11H,9-10H2,1-2H3,(H,21,22).